The van der Waals surface area contributed by atoms with E-state index in [0.717, 1.165) is 28.0 Å². The quantitative estimate of drug-likeness (QED) is 0.910. The Morgan fingerprint density at radius 1 is 1.30 bits per heavy atom. The van der Waals surface area contributed by atoms with Crippen molar-refractivity contribution in [3.63, 3.8) is 0 Å². The first kappa shape index (κ1) is 14.8. The molecule has 4 rings (SSSR count). The number of hydrogen-bond donors (Lipinski definition) is 1. The first-order valence-corrected chi connectivity index (χ1v) is 9.21. The second-order valence-corrected chi connectivity index (χ2v) is 7.06. The number of phenolic OH excluding ortho intramolecular Hbond substituents is 1. The van der Waals surface area contributed by atoms with Crippen molar-refractivity contribution in [1.82, 2.24) is 14.9 Å². The van der Waals surface area contributed by atoms with E-state index in [2.05, 4.69) is 32.2 Å². The van der Waals surface area contributed by atoms with Crippen LogP contribution in [-0.4, -0.2) is 26.6 Å². The molecule has 0 amide bonds. The van der Waals surface area contributed by atoms with Gasteiger partial charge in [-0.1, -0.05) is 24.8 Å². The topological polar surface area (TPSA) is 63.4 Å². The van der Waals surface area contributed by atoms with Crippen molar-refractivity contribution >= 4 is 23.5 Å². The normalized spacial score (nSPS) is 18.8. The van der Waals surface area contributed by atoms with Gasteiger partial charge in [-0.15, -0.1) is 10.2 Å². The van der Waals surface area contributed by atoms with Crippen LogP contribution in [-0.2, 0) is 6.42 Å². The van der Waals surface area contributed by atoms with Crippen molar-refractivity contribution in [3.8, 4) is 11.5 Å². The molecule has 0 saturated carbocycles. The number of benzene rings is 1. The Kier molecular flexibility index (Phi) is 3.65. The Morgan fingerprint density at radius 3 is 2.96 bits per heavy atom. The van der Waals surface area contributed by atoms with Gasteiger partial charge in [0.05, 0.1) is 6.61 Å². The number of nitrogens with zero attached hydrogens (tertiary/aromatic N) is 4. The predicted molar refractivity (Wildman–Crippen MR) is 91.2 cm³/mol. The number of fused-ring (bicyclic) bond motifs is 3. The van der Waals surface area contributed by atoms with E-state index < -0.39 is 0 Å². The number of phenols is 1. The molecule has 2 aromatic rings. The number of aromatic hydroxyl groups is 1. The fourth-order valence-electron chi connectivity index (χ4n) is 2.69. The van der Waals surface area contributed by atoms with Crippen LogP contribution in [0.3, 0.4) is 0 Å². The number of ether oxygens (including phenoxy) is 1. The Bertz CT molecular complexity index is 790. The largest absolute Gasteiger partial charge is 0.504 e. The van der Waals surface area contributed by atoms with Gasteiger partial charge in [-0.05, 0) is 36.4 Å². The molecule has 8 heteroatoms. The molecule has 120 valence electrons. The highest BCUT2D eigenvalue weighted by molar-refractivity contribution is 8.07. The maximum atomic E-state index is 9.92. The summed E-state index contributed by atoms with van der Waals surface area (Å²) in [7, 11) is 0. The highest BCUT2D eigenvalue weighted by atomic mass is 32.2. The molecular formula is C15H16N4O2S2. The molecule has 1 aromatic carbocycles. The summed E-state index contributed by atoms with van der Waals surface area (Å²) in [5, 5.41) is 24.9. The van der Waals surface area contributed by atoms with Gasteiger partial charge in [-0.3, -0.25) is 5.01 Å². The van der Waals surface area contributed by atoms with E-state index >= 15 is 0 Å². The lowest BCUT2D eigenvalue weighted by Gasteiger charge is -2.26. The monoisotopic (exact) mass is 348 g/mol. The van der Waals surface area contributed by atoms with Crippen molar-refractivity contribution < 1.29 is 9.84 Å². The molecule has 3 heterocycles. The summed E-state index contributed by atoms with van der Waals surface area (Å²) in [4.78, 5) is 0. The molecule has 1 N–H and O–H groups in total. The summed E-state index contributed by atoms with van der Waals surface area (Å²) in [6, 6.07) is 5.53. The lowest BCUT2D eigenvalue weighted by Crippen LogP contribution is -2.30. The lowest BCUT2D eigenvalue weighted by molar-refractivity contribution is 0.317. The average Bonchev–Trinajstić information content (AvgIpc) is 3.20. The van der Waals surface area contributed by atoms with Crippen LogP contribution >= 0.6 is 23.5 Å². The molecule has 1 aromatic heterocycles. The van der Waals surface area contributed by atoms with Gasteiger partial charge >= 0.3 is 0 Å². The number of hydrogen-bond acceptors (Lipinski definition) is 7. The van der Waals surface area contributed by atoms with E-state index in [1.807, 2.05) is 19.1 Å². The Morgan fingerprint density at radius 2 is 2.17 bits per heavy atom. The van der Waals surface area contributed by atoms with Crippen LogP contribution in [0.15, 0.2) is 33.8 Å². The number of thioether (sulfide) groups is 2. The molecular weight excluding hydrogens is 332 g/mol. The minimum absolute atomic E-state index is 0.0832. The van der Waals surface area contributed by atoms with Crippen LogP contribution in [0.25, 0.3) is 0 Å². The van der Waals surface area contributed by atoms with Crippen LogP contribution in [0.2, 0.25) is 0 Å². The first-order chi connectivity index (χ1) is 11.2. The van der Waals surface area contributed by atoms with Crippen LogP contribution in [0, 0.1) is 0 Å². The molecule has 2 aliphatic rings. The van der Waals surface area contributed by atoms with Crippen molar-refractivity contribution in [2.75, 3.05) is 11.6 Å². The second-order valence-electron chi connectivity index (χ2n) is 5.12. The molecule has 0 saturated heterocycles. The van der Waals surface area contributed by atoms with Crippen LogP contribution in [0.1, 0.15) is 30.6 Å². The molecule has 6 nitrogen and oxygen atoms in total. The first-order valence-electron chi connectivity index (χ1n) is 7.46. The molecule has 0 bridgehead atoms. The smallest absolute Gasteiger partial charge is 0.216 e. The molecule has 23 heavy (non-hydrogen) atoms. The third kappa shape index (κ3) is 2.28. The van der Waals surface area contributed by atoms with Gasteiger partial charge in [0, 0.05) is 11.8 Å². The van der Waals surface area contributed by atoms with Crippen molar-refractivity contribution in [2.24, 2.45) is 0 Å². The van der Waals surface area contributed by atoms with E-state index in [4.69, 9.17) is 4.74 Å². The van der Waals surface area contributed by atoms with Crippen molar-refractivity contribution in [1.29, 1.82) is 0 Å². The molecule has 0 aliphatic carbocycles. The molecule has 2 aliphatic heterocycles. The fraction of sp³-hybridized carbons (Fsp3) is 0.333. The van der Waals surface area contributed by atoms with E-state index in [-0.39, 0.29) is 11.1 Å². The maximum absolute atomic E-state index is 9.92. The van der Waals surface area contributed by atoms with E-state index in [9.17, 15) is 5.11 Å². The van der Waals surface area contributed by atoms with Gasteiger partial charge < -0.3 is 9.84 Å². The summed E-state index contributed by atoms with van der Waals surface area (Å²) in [6.45, 7) is 4.51. The van der Waals surface area contributed by atoms with Crippen molar-refractivity contribution in [3.05, 3.63) is 40.0 Å². The molecule has 1 atom stereocenters. The summed E-state index contributed by atoms with van der Waals surface area (Å²) < 4.78 is 7.61. The zero-order chi connectivity index (χ0) is 16.0. The summed E-state index contributed by atoms with van der Waals surface area (Å²) in [6.07, 6.45) is 0.828. The van der Waals surface area contributed by atoms with Crippen molar-refractivity contribution in [2.45, 2.75) is 30.8 Å². The van der Waals surface area contributed by atoms with E-state index in [1.165, 1.54) is 0 Å². The van der Waals surface area contributed by atoms with E-state index in [0.29, 0.717) is 12.4 Å². The van der Waals surface area contributed by atoms with E-state index in [1.54, 1.807) is 29.6 Å². The van der Waals surface area contributed by atoms with Gasteiger partial charge in [0.2, 0.25) is 5.16 Å². The minimum Gasteiger partial charge on any atom is -0.504 e. The molecule has 0 spiro atoms. The lowest BCUT2D eigenvalue weighted by atomic mass is 10.2. The molecule has 0 radical (unpaired) electrons. The summed E-state index contributed by atoms with van der Waals surface area (Å²) in [5.41, 5.74) is 1.08. The second kappa shape index (κ2) is 5.68. The van der Waals surface area contributed by atoms with Crippen LogP contribution < -0.4 is 9.75 Å². The number of aromatic nitrogens is 3. The summed E-state index contributed by atoms with van der Waals surface area (Å²) >= 11 is 3.37. The average molecular weight is 348 g/mol. The SMILES string of the molecule is CCOc1cc(C2SC=C3Sc4nnc(CC)n4N32)ccc1O. The standard InChI is InChI=1S/C15H16N4O2S2/c1-3-12-16-17-15-18(12)19-13(23-15)8-22-14(19)9-5-6-10(20)11(7-9)21-4-2/h5-8,14,20H,3-4H2,1-2H3. The predicted octanol–water partition coefficient (Wildman–Crippen LogP) is 3.23. The third-order valence-electron chi connectivity index (χ3n) is 3.72. The zero-order valence-electron chi connectivity index (χ0n) is 12.8. The Balaban J connectivity index is 1.73. The highest BCUT2D eigenvalue weighted by Gasteiger charge is 2.39. The van der Waals surface area contributed by atoms with Crippen LogP contribution in [0.5, 0.6) is 11.5 Å². The zero-order valence-corrected chi connectivity index (χ0v) is 14.4. The highest BCUT2D eigenvalue weighted by Crippen LogP contribution is 2.51. The fourth-order valence-corrected chi connectivity index (χ4v) is 4.92. The summed E-state index contributed by atoms with van der Waals surface area (Å²) in [5.74, 6) is 1.64. The number of aryl methyl sites for hydroxylation is 1. The molecule has 0 fully saturated rings. The maximum Gasteiger partial charge on any atom is 0.216 e. The van der Waals surface area contributed by atoms with Crippen LogP contribution in [0.4, 0.5) is 0 Å². The Hall–Kier alpha value is -1.80. The van der Waals surface area contributed by atoms with Gasteiger partial charge in [0.15, 0.2) is 17.3 Å². The van der Waals surface area contributed by atoms with Gasteiger partial charge in [-0.2, -0.15) is 0 Å². The van der Waals surface area contributed by atoms with Gasteiger partial charge in [0.25, 0.3) is 0 Å². The third-order valence-corrected chi connectivity index (χ3v) is 5.91. The number of rotatable bonds is 4. The van der Waals surface area contributed by atoms with Gasteiger partial charge in [0.1, 0.15) is 10.4 Å². The molecule has 1 unspecified atom stereocenters. The Labute approximate surface area is 142 Å². The van der Waals surface area contributed by atoms with Gasteiger partial charge in [-0.25, -0.2) is 4.68 Å². The minimum atomic E-state index is 0.0832.